The summed E-state index contributed by atoms with van der Waals surface area (Å²) in [6, 6.07) is 5.51. The maximum absolute atomic E-state index is 8.81. The number of rotatable bonds is 2. The Balaban J connectivity index is 2.99. The van der Waals surface area contributed by atoms with E-state index in [1.807, 2.05) is 18.2 Å². The van der Waals surface area contributed by atoms with Crippen molar-refractivity contribution < 1.29 is 10.2 Å². The van der Waals surface area contributed by atoms with Gasteiger partial charge in [-0.05, 0) is 39.8 Å². The third-order valence-electron chi connectivity index (χ3n) is 1.47. The third kappa shape index (κ3) is 2.15. The Morgan fingerprint density at radius 2 is 1.91 bits per heavy atom. The lowest BCUT2D eigenvalue weighted by molar-refractivity contribution is 0.277. The van der Waals surface area contributed by atoms with Crippen LogP contribution < -0.4 is 0 Å². The van der Waals surface area contributed by atoms with Crippen LogP contribution in [0.4, 0.5) is 0 Å². The third-order valence-corrected chi connectivity index (χ3v) is 2.47. The van der Waals surface area contributed by atoms with Crippen LogP contribution in [0.1, 0.15) is 11.1 Å². The van der Waals surface area contributed by atoms with Gasteiger partial charge in [-0.3, -0.25) is 0 Å². The molecule has 0 amide bonds. The van der Waals surface area contributed by atoms with Gasteiger partial charge in [-0.25, -0.2) is 0 Å². The van der Waals surface area contributed by atoms with Crippen molar-refractivity contribution in [3.63, 3.8) is 0 Å². The van der Waals surface area contributed by atoms with Crippen LogP contribution in [-0.2, 0) is 13.2 Å². The zero-order chi connectivity index (χ0) is 8.27. The monoisotopic (exact) mass is 264 g/mol. The molecule has 1 aromatic rings. The van der Waals surface area contributed by atoms with Crippen molar-refractivity contribution in [2.75, 3.05) is 0 Å². The van der Waals surface area contributed by atoms with E-state index in [1.54, 1.807) is 0 Å². The highest BCUT2D eigenvalue weighted by atomic mass is 127. The second kappa shape index (κ2) is 4.04. The Bertz CT molecular complexity index is 248. The number of aliphatic hydroxyl groups is 2. The SMILES string of the molecule is OCc1ccc(CO)c(I)c1. The molecule has 1 aromatic carbocycles. The molecule has 0 fully saturated rings. The molecule has 0 saturated heterocycles. The normalized spacial score (nSPS) is 10.1. The van der Waals surface area contributed by atoms with Gasteiger partial charge in [0.25, 0.3) is 0 Å². The van der Waals surface area contributed by atoms with Gasteiger partial charge in [0.15, 0.2) is 0 Å². The molecule has 0 aliphatic carbocycles. The van der Waals surface area contributed by atoms with Gasteiger partial charge >= 0.3 is 0 Å². The predicted molar refractivity (Wildman–Crippen MR) is 51.0 cm³/mol. The lowest BCUT2D eigenvalue weighted by atomic mass is 10.1. The summed E-state index contributed by atoms with van der Waals surface area (Å²) in [6.45, 7) is 0.117. The number of hydrogen-bond acceptors (Lipinski definition) is 2. The summed E-state index contributed by atoms with van der Waals surface area (Å²) in [5.74, 6) is 0. The Kier molecular flexibility index (Phi) is 3.29. The number of benzene rings is 1. The maximum Gasteiger partial charge on any atom is 0.0692 e. The Hall–Kier alpha value is -0.130. The fraction of sp³-hybridized carbons (Fsp3) is 0.250. The average Bonchev–Trinajstić information content (AvgIpc) is 2.04. The highest BCUT2D eigenvalue weighted by Gasteiger charge is 1.98. The first-order chi connectivity index (χ1) is 5.27. The van der Waals surface area contributed by atoms with Crippen LogP contribution in [-0.4, -0.2) is 10.2 Å². The van der Waals surface area contributed by atoms with Crippen LogP contribution in [0.25, 0.3) is 0 Å². The van der Waals surface area contributed by atoms with Gasteiger partial charge in [0, 0.05) is 3.57 Å². The summed E-state index contributed by atoms with van der Waals surface area (Å²) in [4.78, 5) is 0. The minimum atomic E-state index is 0.0573. The molecule has 0 aliphatic rings. The topological polar surface area (TPSA) is 40.5 Å². The van der Waals surface area contributed by atoms with Crippen LogP contribution in [0.3, 0.4) is 0 Å². The maximum atomic E-state index is 8.81. The van der Waals surface area contributed by atoms with E-state index in [1.165, 1.54) is 0 Å². The molecule has 11 heavy (non-hydrogen) atoms. The fourth-order valence-corrected chi connectivity index (χ4v) is 1.57. The molecule has 0 saturated carbocycles. The van der Waals surface area contributed by atoms with E-state index in [4.69, 9.17) is 10.2 Å². The van der Waals surface area contributed by atoms with Gasteiger partial charge in [-0.2, -0.15) is 0 Å². The summed E-state index contributed by atoms with van der Waals surface area (Å²) in [5, 5.41) is 17.6. The summed E-state index contributed by atoms with van der Waals surface area (Å²) >= 11 is 2.14. The largest absolute Gasteiger partial charge is 0.392 e. The Labute approximate surface area is 79.0 Å². The lowest BCUT2D eigenvalue weighted by Gasteiger charge is -2.01. The van der Waals surface area contributed by atoms with E-state index in [0.717, 1.165) is 14.7 Å². The number of aliphatic hydroxyl groups excluding tert-OH is 2. The smallest absolute Gasteiger partial charge is 0.0692 e. The van der Waals surface area contributed by atoms with Crippen molar-refractivity contribution in [1.29, 1.82) is 0 Å². The zero-order valence-electron chi connectivity index (χ0n) is 5.92. The zero-order valence-corrected chi connectivity index (χ0v) is 8.08. The molecule has 3 heteroatoms. The average molecular weight is 264 g/mol. The summed E-state index contributed by atoms with van der Waals surface area (Å²) in [7, 11) is 0. The molecular weight excluding hydrogens is 255 g/mol. The quantitative estimate of drug-likeness (QED) is 0.790. The van der Waals surface area contributed by atoms with E-state index in [-0.39, 0.29) is 13.2 Å². The minimum Gasteiger partial charge on any atom is -0.392 e. The molecule has 0 radical (unpaired) electrons. The molecular formula is C8H9IO2. The van der Waals surface area contributed by atoms with Gasteiger partial charge < -0.3 is 10.2 Å². The molecule has 0 spiro atoms. The predicted octanol–water partition coefficient (Wildman–Crippen LogP) is 1.28. The van der Waals surface area contributed by atoms with Crippen LogP contribution in [0.2, 0.25) is 0 Å². The molecule has 0 unspecified atom stereocenters. The molecule has 0 bridgehead atoms. The van der Waals surface area contributed by atoms with Gasteiger partial charge in [-0.15, -0.1) is 0 Å². The van der Waals surface area contributed by atoms with Crippen molar-refractivity contribution in [1.82, 2.24) is 0 Å². The number of hydrogen-bond donors (Lipinski definition) is 2. The van der Waals surface area contributed by atoms with Gasteiger partial charge in [0.2, 0.25) is 0 Å². The van der Waals surface area contributed by atoms with Crippen LogP contribution >= 0.6 is 22.6 Å². The summed E-state index contributed by atoms with van der Waals surface area (Å²) < 4.78 is 0.997. The van der Waals surface area contributed by atoms with Gasteiger partial charge in [0.1, 0.15) is 0 Å². The van der Waals surface area contributed by atoms with Crippen molar-refractivity contribution in [2.45, 2.75) is 13.2 Å². The van der Waals surface area contributed by atoms with Crippen LogP contribution in [0.5, 0.6) is 0 Å². The highest BCUT2D eigenvalue weighted by Crippen LogP contribution is 2.14. The van der Waals surface area contributed by atoms with E-state index < -0.39 is 0 Å². The van der Waals surface area contributed by atoms with E-state index in [0.29, 0.717) is 0 Å². The first-order valence-electron chi connectivity index (χ1n) is 3.27. The van der Waals surface area contributed by atoms with Gasteiger partial charge in [0.05, 0.1) is 13.2 Å². The Morgan fingerprint density at radius 3 is 2.36 bits per heavy atom. The molecule has 0 heterocycles. The molecule has 0 aromatic heterocycles. The fourth-order valence-electron chi connectivity index (χ4n) is 0.817. The van der Waals surface area contributed by atoms with Crippen molar-refractivity contribution in [3.05, 3.63) is 32.9 Å². The van der Waals surface area contributed by atoms with Crippen LogP contribution in [0.15, 0.2) is 18.2 Å². The summed E-state index contributed by atoms with van der Waals surface area (Å²) in [5.41, 5.74) is 1.79. The first-order valence-corrected chi connectivity index (χ1v) is 4.35. The van der Waals surface area contributed by atoms with Gasteiger partial charge in [-0.1, -0.05) is 12.1 Å². The van der Waals surface area contributed by atoms with Crippen molar-refractivity contribution in [2.24, 2.45) is 0 Å². The standard InChI is InChI=1S/C8H9IO2/c9-8-3-6(4-10)1-2-7(8)5-11/h1-3,10-11H,4-5H2. The number of halogens is 1. The summed E-state index contributed by atoms with van der Waals surface area (Å²) in [6.07, 6.45) is 0. The van der Waals surface area contributed by atoms with E-state index >= 15 is 0 Å². The molecule has 0 atom stereocenters. The highest BCUT2D eigenvalue weighted by molar-refractivity contribution is 14.1. The molecule has 60 valence electrons. The lowest BCUT2D eigenvalue weighted by Crippen LogP contribution is -1.90. The molecule has 0 aliphatic heterocycles. The van der Waals surface area contributed by atoms with E-state index in [2.05, 4.69) is 22.6 Å². The molecule has 2 N–H and O–H groups in total. The second-order valence-electron chi connectivity index (χ2n) is 2.24. The molecule has 1 rings (SSSR count). The van der Waals surface area contributed by atoms with Crippen molar-refractivity contribution in [3.8, 4) is 0 Å². The molecule has 2 nitrogen and oxygen atoms in total. The first kappa shape index (κ1) is 8.96. The second-order valence-corrected chi connectivity index (χ2v) is 3.40. The van der Waals surface area contributed by atoms with E-state index in [9.17, 15) is 0 Å². The van der Waals surface area contributed by atoms with Crippen LogP contribution in [0, 0.1) is 3.57 Å². The Morgan fingerprint density at radius 1 is 1.18 bits per heavy atom. The van der Waals surface area contributed by atoms with Crippen molar-refractivity contribution >= 4 is 22.6 Å². The minimum absolute atomic E-state index is 0.0573.